The number of carbonyl (C=O) groups is 6. The van der Waals surface area contributed by atoms with Gasteiger partial charge in [0.2, 0.25) is 30.7 Å². The van der Waals surface area contributed by atoms with Gasteiger partial charge in [0.15, 0.2) is 0 Å². The molecular formula is C86H128ClN9O27S3. The van der Waals surface area contributed by atoms with Gasteiger partial charge in [-0.3, -0.25) is 34.1 Å². The third-order valence-corrected chi connectivity index (χ3v) is 18.6. The number of nitro groups is 1. The molecule has 5 amide bonds. The summed E-state index contributed by atoms with van der Waals surface area (Å²) in [4.78, 5) is 82.4. The third kappa shape index (κ3) is 43.4. The Kier molecular flexibility index (Phi) is 58.7. The number of anilines is 2. The van der Waals surface area contributed by atoms with Crippen molar-refractivity contribution in [1.29, 1.82) is 0 Å². The number of nitrogens with zero attached hydrogens (tertiary/aromatic N) is 2. The maximum atomic E-state index is 12.8. The Morgan fingerprint density at radius 2 is 0.786 bits per heavy atom. The van der Waals surface area contributed by atoms with Crippen LogP contribution < -0.4 is 52.7 Å². The van der Waals surface area contributed by atoms with E-state index in [1.165, 1.54) is 66.3 Å². The second-order valence-corrected chi connectivity index (χ2v) is 29.5. The molecule has 3 aliphatic rings. The Balaban J connectivity index is 0.000000834. The van der Waals surface area contributed by atoms with Crippen LogP contribution in [-0.4, -0.2) is 269 Å². The molecule has 9 rings (SSSR count). The van der Waals surface area contributed by atoms with E-state index in [0.717, 1.165) is 95.6 Å². The summed E-state index contributed by atoms with van der Waals surface area (Å²) in [5.41, 5.74) is 18.0. The predicted octanol–water partition coefficient (Wildman–Crippen LogP) is 4.99. The highest BCUT2D eigenvalue weighted by Crippen LogP contribution is 2.30. The number of nitrogens with one attached hydrogen (secondary N) is 4. The minimum absolute atomic E-state index is 0. The molecule has 0 unspecified atom stereocenters. The Morgan fingerprint density at radius 1 is 0.460 bits per heavy atom. The van der Waals surface area contributed by atoms with Crippen molar-refractivity contribution < 1.29 is 128 Å². The van der Waals surface area contributed by atoms with E-state index in [1.807, 2.05) is 54.6 Å². The van der Waals surface area contributed by atoms with Crippen LogP contribution in [0.5, 0.6) is 17.2 Å². The molecule has 0 aromatic heterocycles. The summed E-state index contributed by atoms with van der Waals surface area (Å²) in [7, 11) is 0. The number of benzene rings is 6. The Morgan fingerprint density at radius 3 is 1.10 bits per heavy atom. The zero-order chi connectivity index (χ0) is 90.8. The zero-order valence-electron chi connectivity index (χ0n) is 70.8. The first-order chi connectivity index (χ1) is 58.8. The number of aliphatic hydroxyl groups excluding tert-OH is 12. The minimum Gasteiger partial charge on any atom is -0.462 e. The summed E-state index contributed by atoms with van der Waals surface area (Å²) in [6, 6.07) is 44.5. The number of nitrogens with two attached hydrogens (primary N) is 3. The van der Waals surface area contributed by atoms with Gasteiger partial charge in [-0.05, 0) is 182 Å². The number of nitro benzene ring substituents is 1. The Bertz CT molecular complexity index is 4000. The van der Waals surface area contributed by atoms with Crippen LogP contribution in [0.2, 0.25) is 0 Å². The number of unbranched alkanes of at least 4 members (excludes halogenated alkanes) is 9. The van der Waals surface area contributed by atoms with Crippen molar-refractivity contribution in [2.24, 2.45) is 17.2 Å². The molecule has 3 fully saturated rings. The van der Waals surface area contributed by atoms with Crippen LogP contribution in [0, 0.1) is 10.1 Å². The number of ether oxygens (including phenoxy) is 7. The van der Waals surface area contributed by atoms with Crippen molar-refractivity contribution in [3.63, 3.8) is 0 Å². The lowest BCUT2D eigenvalue weighted by Crippen LogP contribution is -2.60. The maximum absolute atomic E-state index is 12.8. The van der Waals surface area contributed by atoms with Crippen LogP contribution in [0.15, 0.2) is 176 Å². The Hall–Kier alpha value is -8.70. The van der Waals surface area contributed by atoms with Gasteiger partial charge in [0.25, 0.3) is 22.7 Å². The van der Waals surface area contributed by atoms with Crippen LogP contribution in [0.4, 0.5) is 21.9 Å². The summed E-state index contributed by atoms with van der Waals surface area (Å²) in [5.74, 6) is -0.0162. The molecule has 704 valence electrons. The molecule has 36 nitrogen and oxygen atoms in total. The highest BCUT2D eigenvalue weighted by atomic mass is 35.5. The smallest absolute Gasteiger partial charge is 0.410 e. The average Bonchev–Trinajstić information content (AvgIpc) is 0.819. The number of amides is 5. The molecule has 126 heavy (non-hydrogen) atoms. The molecule has 6 aromatic rings. The summed E-state index contributed by atoms with van der Waals surface area (Å²) in [6.07, 6.45) is -7.58. The SMILES string of the molecule is C=CC(=O)Nc1ccc(O[C@H]2O[C@H](CO)[C@@H](O)[C@H](O)[C@H]2O)cc1.CC(C)(C)OC(=O)N(CCCCCCNC(=O)c1ccccc1)CCC(=O)Nc1ccc(O[C@H]2O[C@H](CO)[C@@H](O)[C@H](O)[C@H]2O)cc1.NCCCCCCN.NCCCCCCNC(=O)c1ccccc1.O=C(Cl)c1ccccc1.O=[N+]([O-])c1ccc(O[C@H]2O[C@H](CO)[C@@H](O)[C@H](O)[C@H]2O)cc1.S.S.S. The van der Waals surface area contributed by atoms with Gasteiger partial charge in [-0.2, -0.15) is 40.5 Å². The van der Waals surface area contributed by atoms with Crippen LogP contribution >= 0.6 is 52.1 Å². The lowest BCUT2D eigenvalue weighted by molar-refractivity contribution is -0.384. The van der Waals surface area contributed by atoms with E-state index in [0.29, 0.717) is 47.8 Å². The molecule has 3 aliphatic heterocycles. The highest BCUT2D eigenvalue weighted by molar-refractivity contribution is 7.59. The first kappa shape index (κ1) is 115. The first-order valence-electron chi connectivity index (χ1n) is 40.4. The van der Waals surface area contributed by atoms with Crippen molar-refractivity contribution in [2.75, 3.05) is 76.3 Å². The van der Waals surface area contributed by atoms with E-state index in [1.54, 1.807) is 81.4 Å². The number of rotatable bonds is 37. The summed E-state index contributed by atoms with van der Waals surface area (Å²) in [5, 5.41) is 137. The van der Waals surface area contributed by atoms with Gasteiger partial charge in [-0.1, -0.05) is 112 Å². The fourth-order valence-corrected chi connectivity index (χ4v) is 11.6. The zero-order valence-corrected chi connectivity index (χ0v) is 74.5. The average molecular weight is 1850 g/mol. The summed E-state index contributed by atoms with van der Waals surface area (Å²) in [6.45, 7) is 11.3. The number of halogens is 1. The van der Waals surface area contributed by atoms with E-state index in [2.05, 4.69) is 27.8 Å². The highest BCUT2D eigenvalue weighted by Gasteiger charge is 2.47. The normalized spacial score (nSPS) is 21.3. The number of non-ortho nitro benzene ring substituents is 1. The summed E-state index contributed by atoms with van der Waals surface area (Å²) >= 11 is 5.16. The van der Waals surface area contributed by atoms with E-state index in [4.69, 9.17) is 72.2 Å². The van der Waals surface area contributed by atoms with Gasteiger partial charge in [-0.15, -0.1) is 0 Å². The van der Waals surface area contributed by atoms with E-state index >= 15 is 0 Å². The molecule has 0 spiro atoms. The Labute approximate surface area is 759 Å². The molecule has 22 N–H and O–H groups in total. The largest absolute Gasteiger partial charge is 0.462 e. The van der Waals surface area contributed by atoms with E-state index in [9.17, 15) is 89.9 Å². The van der Waals surface area contributed by atoms with Gasteiger partial charge in [-0.25, -0.2) is 4.79 Å². The molecule has 0 aliphatic carbocycles. The lowest BCUT2D eigenvalue weighted by Gasteiger charge is -2.39. The monoisotopic (exact) mass is 1850 g/mol. The number of carbonyl (C=O) groups excluding carboxylic acids is 6. The van der Waals surface area contributed by atoms with Gasteiger partial charge >= 0.3 is 6.09 Å². The predicted molar refractivity (Wildman–Crippen MR) is 487 cm³/mol. The molecule has 40 heteroatoms. The summed E-state index contributed by atoms with van der Waals surface area (Å²) < 4.78 is 37.5. The number of hydrogen-bond donors (Lipinski definition) is 19. The first-order valence-corrected chi connectivity index (χ1v) is 40.8. The van der Waals surface area contributed by atoms with Crippen LogP contribution in [0.25, 0.3) is 0 Å². The molecule has 3 saturated heterocycles. The second kappa shape index (κ2) is 64.1. The van der Waals surface area contributed by atoms with Crippen molar-refractivity contribution in [1.82, 2.24) is 15.5 Å². The number of hydrogen-bond acceptors (Lipinski definition) is 30. The minimum atomic E-state index is -1.56. The van der Waals surface area contributed by atoms with Gasteiger partial charge in [0.1, 0.15) is 96.1 Å². The molecule has 0 saturated carbocycles. The van der Waals surface area contributed by atoms with Crippen LogP contribution in [0.3, 0.4) is 0 Å². The molecule has 0 bridgehead atoms. The maximum Gasteiger partial charge on any atom is 0.410 e. The second-order valence-electron chi connectivity index (χ2n) is 29.2. The van der Waals surface area contributed by atoms with Crippen molar-refractivity contribution in [2.45, 2.75) is 202 Å². The van der Waals surface area contributed by atoms with Crippen LogP contribution in [0.1, 0.15) is 135 Å². The quantitative estimate of drug-likeness (QED) is 0.00803. The van der Waals surface area contributed by atoms with Crippen molar-refractivity contribution in [3.05, 3.63) is 203 Å². The lowest BCUT2D eigenvalue weighted by atomic mass is 9.99. The van der Waals surface area contributed by atoms with Gasteiger partial charge in [0, 0.05) is 72.8 Å². The van der Waals surface area contributed by atoms with Crippen LogP contribution in [-0.2, 0) is 28.5 Å². The molecule has 0 radical (unpaired) electrons. The van der Waals surface area contributed by atoms with E-state index < -0.39 is 134 Å². The molecule has 6 aromatic carbocycles. The number of aliphatic hydroxyl groups is 12. The molecular weight excluding hydrogens is 1720 g/mol. The fourth-order valence-electron chi connectivity index (χ4n) is 11.5. The molecule has 3 heterocycles. The van der Waals surface area contributed by atoms with Crippen molar-refractivity contribution in [3.8, 4) is 17.2 Å². The standard InChI is InChI=1S/C33H47N3O10.C15H19NO7.C13H20N2O.C12H15NO8.C7H5ClO.C6H16N2.3H2S/c1-33(2,3)46-32(43)36(19-10-5-4-9-18-34-30(42)22-11-7-6-8-12-22)20-17-26(38)35-23-13-15-24(16-14-23)44-31-29(41)28(40)27(39)25(21-37)45-31;1-2-11(18)16-8-3-5-9(6-4-8)22-15-14(21)13(20)12(19)10(7-17)23-15;14-10-6-1-2-7-11-15-13(16)12-8-4-3-5-9-12;14-5-8-9(15)10(16)11(17)12(21-8)20-7-3-1-6(2-4-7)13(18)19;8-7(9)6-4-2-1-3-5-6;7-5-3-1-2-4-6-8;;;/h6-8,11-16,25,27-29,31,37,39-41H,4-5,9-10,17-21H2,1-3H3,(H,34,42)(H,35,38);2-6,10,12-15,17,19-21H,1,7H2,(H,16,18);3-5,8-9H,1-2,6-7,10-11,14H2,(H,15,16);1-4,8-12,14-17H,5H2;1-5H;1-8H2;3*1H2/t25-,27-,28+,29-,31+;10-,12-,13+,14-,15+;;8-,9-,10+,11-,12+;;;;;/m11.1...../s1. The van der Waals surface area contributed by atoms with Gasteiger partial charge in [0.05, 0.1) is 24.7 Å². The topological polar surface area (TPSA) is 582 Å². The van der Waals surface area contributed by atoms with Crippen molar-refractivity contribution >= 4 is 104 Å². The fraction of sp³-hybridized carbons (Fsp3) is 0.488. The van der Waals surface area contributed by atoms with E-state index in [-0.39, 0.29) is 94.3 Å². The van der Waals surface area contributed by atoms with Gasteiger partial charge < -0.3 is 138 Å². The third-order valence-electron chi connectivity index (χ3n) is 18.3. The molecule has 15 atom stereocenters.